The summed E-state index contributed by atoms with van der Waals surface area (Å²) in [6.07, 6.45) is 11.8. The van der Waals surface area contributed by atoms with E-state index in [4.69, 9.17) is 4.74 Å². The summed E-state index contributed by atoms with van der Waals surface area (Å²) in [6.45, 7) is 9.31. The monoisotopic (exact) mass is 477 g/mol. The van der Waals surface area contributed by atoms with Crippen LogP contribution in [0.5, 0.6) is 0 Å². The van der Waals surface area contributed by atoms with Crippen molar-refractivity contribution in [2.75, 3.05) is 0 Å². The number of ether oxygens (including phenoxy) is 1. The number of amides is 1. The average Bonchev–Trinajstić information content (AvgIpc) is 3.19. The molecular formula is C31H43NO3. The Morgan fingerprint density at radius 2 is 1.74 bits per heavy atom. The fourth-order valence-corrected chi connectivity index (χ4v) is 8.81. The van der Waals surface area contributed by atoms with Gasteiger partial charge in [0.25, 0.3) is 0 Å². The van der Waals surface area contributed by atoms with E-state index >= 15 is 0 Å². The molecule has 0 aliphatic heterocycles. The Morgan fingerprint density at radius 1 is 1.03 bits per heavy atom. The molecule has 35 heavy (non-hydrogen) atoms. The van der Waals surface area contributed by atoms with E-state index < -0.39 is 0 Å². The van der Waals surface area contributed by atoms with Gasteiger partial charge in [0.15, 0.2) is 0 Å². The van der Waals surface area contributed by atoms with Crippen molar-refractivity contribution in [1.29, 1.82) is 0 Å². The van der Waals surface area contributed by atoms with E-state index in [9.17, 15) is 9.59 Å². The molecule has 0 aromatic heterocycles. The Morgan fingerprint density at radius 3 is 2.49 bits per heavy atom. The number of hydrogen-bond acceptors (Lipinski definition) is 3. The van der Waals surface area contributed by atoms with Crippen molar-refractivity contribution < 1.29 is 14.3 Å². The van der Waals surface area contributed by atoms with Crippen molar-refractivity contribution in [1.82, 2.24) is 5.32 Å². The predicted octanol–water partition coefficient (Wildman–Crippen LogP) is 6.45. The SMILES string of the molecule is CC(=O)O[C@H]1CC[C@@]2(C)[C@@H](CC=C3[C@@H]2CC[C@]2(C)[C@@H]([C@H](C)C(=O)NCc4ccccc4)CC[C@@H]32)C1. The number of benzene rings is 1. The van der Waals surface area contributed by atoms with Gasteiger partial charge in [-0.05, 0) is 91.4 Å². The van der Waals surface area contributed by atoms with Crippen LogP contribution in [0, 0.1) is 40.4 Å². The number of carbonyl (C=O) groups excluding carboxylic acids is 2. The summed E-state index contributed by atoms with van der Waals surface area (Å²) in [5.41, 5.74) is 3.40. The lowest BCUT2D eigenvalue weighted by molar-refractivity contribution is -0.152. The van der Waals surface area contributed by atoms with Gasteiger partial charge in [0, 0.05) is 19.4 Å². The third-order valence-electron chi connectivity index (χ3n) is 10.8. The van der Waals surface area contributed by atoms with Crippen LogP contribution >= 0.6 is 0 Å². The van der Waals surface area contributed by atoms with Crippen LogP contribution in [0.3, 0.4) is 0 Å². The molecule has 3 saturated carbocycles. The summed E-state index contributed by atoms with van der Waals surface area (Å²) in [7, 11) is 0. The first-order chi connectivity index (χ1) is 16.7. The second kappa shape index (κ2) is 9.41. The molecule has 1 N–H and O–H groups in total. The van der Waals surface area contributed by atoms with Crippen molar-refractivity contribution in [3.63, 3.8) is 0 Å². The number of rotatable bonds is 5. The molecule has 4 heteroatoms. The average molecular weight is 478 g/mol. The highest BCUT2D eigenvalue weighted by atomic mass is 16.5. The van der Waals surface area contributed by atoms with Gasteiger partial charge in [-0.25, -0.2) is 0 Å². The molecule has 5 rings (SSSR count). The van der Waals surface area contributed by atoms with Crippen molar-refractivity contribution >= 4 is 11.9 Å². The number of esters is 1. The zero-order valence-electron chi connectivity index (χ0n) is 22.0. The third kappa shape index (κ3) is 4.36. The van der Waals surface area contributed by atoms with Gasteiger partial charge in [-0.2, -0.15) is 0 Å². The molecule has 4 nitrogen and oxygen atoms in total. The van der Waals surface area contributed by atoms with E-state index in [1.54, 1.807) is 5.57 Å². The van der Waals surface area contributed by atoms with Crippen molar-refractivity contribution in [3.05, 3.63) is 47.5 Å². The van der Waals surface area contributed by atoms with Gasteiger partial charge in [0.1, 0.15) is 6.10 Å². The summed E-state index contributed by atoms with van der Waals surface area (Å²) >= 11 is 0. The van der Waals surface area contributed by atoms with Crippen LogP contribution in [0.15, 0.2) is 42.0 Å². The first-order valence-electron chi connectivity index (χ1n) is 13.9. The van der Waals surface area contributed by atoms with Gasteiger partial charge in [-0.3, -0.25) is 9.59 Å². The van der Waals surface area contributed by atoms with E-state index in [-0.39, 0.29) is 29.3 Å². The van der Waals surface area contributed by atoms with Gasteiger partial charge < -0.3 is 10.1 Å². The van der Waals surface area contributed by atoms with Crippen molar-refractivity contribution in [2.45, 2.75) is 91.7 Å². The normalized spacial score (nSPS) is 38.9. The van der Waals surface area contributed by atoms with Crippen LogP contribution < -0.4 is 5.32 Å². The Balaban J connectivity index is 1.28. The number of hydrogen-bond donors (Lipinski definition) is 1. The van der Waals surface area contributed by atoms with Crippen LogP contribution in [0.4, 0.5) is 0 Å². The smallest absolute Gasteiger partial charge is 0.302 e. The minimum absolute atomic E-state index is 0.0388. The zero-order chi connectivity index (χ0) is 24.8. The molecule has 1 amide bonds. The summed E-state index contributed by atoms with van der Waals surface area (Å²) in [4.78, 5) is 24.7. The molecule has 1 aromatic carbocycles. The highest BCUT2D eigenvalue weighted by Crippen LogP contribution is 2.66. The first-order valence-corrected chi connectivity index (χ1v) is 13.9. The zero-order valence-corrected chi connectivity index (χ0v) is 22.0. The standard InChI is InChI=1S/C31H43NO3/c1-20(29(34)32-19-22-8-6-5-7-9-22)26-12-13-27-25-11-10-23-18-24(35-21(2)33)14-16-30(23,3)28(25)15-17-31(26,27)4/h5-9,11,20,23-24,26-28H,10,12-19H2,1-4H3,(H,32,34)/t20-,23-,24-,26+,27-,28-,30-,31+/m0/s1. The van der Waals surface area contributed by atoms with Gasteiger partial charge in [0.2, 0.25) is 5.91 Å². The topological polar surface area (TPSA) is 55.4 Å². The lowest BCUT2D eigenvalue weighted by Gasteiger charge is -2.57. The maximum absolute atomic E-state index is 13.2. The molecular weight excluding hydrogens is 434 g/mol. The molecule has 0 spiro atoms. The Hall–Kier alpha value is -2.10. The summed E-state index contributed by atoms with van der Waals surface area (Å²) in [5.74, 6) is 2.42. The number of carbonyl (C=O) groups is 2. The summed E-state index contributed by atoms with van der Waals surface area (Å²) < 4.78 is 5.62. The molecule has 4 aliphatic rings. The quantitative estimate of drug-likeness (QED) is 0.392. The Bertz CT molecular complexity index is 986. The van der Waals surface area contributed by atoms with E-state index in [1.807, 2.05) is 18.2 Å². The van der Waals surface area contributed by atoms with Gasteiger partial charge in [0.05, 0.1) is 0 Å². The second-order valence-corrected chi connectivity index (χ2v) is 12.5. The highest BCUT2D eigenvalue weighted by Gasteiger charge is 2.58. The fourth-order valence-electron chi connectivity index (χ4n) is 8.81. The molecule has 190 valence electrons. The Labute approximate surface area is 211 Å². The van der Waals surface area contributed by atoms with Crippen molar-refractivity contribution in [3.8, 4) is 0 Å². The predicted molar refractivity (Wildman–Crippen MR) is 138 cm³/mol. The molecule has 0 radical (unpaired) electrons. The molecule has 0 bridgehead atoms. The molecule has 8 atom stereocenters. The van der Waals surface area contributed by atoms with Crippen molar-refractivity contribution in [2.24, 2.45) is 40.4 Å². The lowest BCUT2D eigenvalue weighted by Crippen LogP contribution is -2.50. The van der Waals surface area contributed by atoms with E-state index in [0.29, 0.717) is 35.6 Å². The maximum atomic E-state index is 13.2. The molecule has 0 saturated heterocycles. The van der Waals surface area contributed by atoms with Gasteiger partial charge in [-0.15, -0.1) is 0 Å². The largest absolute Gasteiger partial charge is 0.463 e. The minimum atomic E-state index is -0.141. The van der Waals surface area contributed by atoms with Crippen LogP contribution in [0.25, 0.3) is 0 Å². The van der Waals surface area contributed by atoms with Gasteiger partial charge >= 0.3 is 5.97 Å². The van der Waals surface area contributed by atoms with E-state index in [0.717, 1.165) is 37.7 Å². The number of allylic oxidation sites excluding steroid dienone is 2. The first kappa shape index (κ1) is 24.6. The van der Waals surface area contributed by atoms with Gasteiger partial charge in [-0.1, -0.05) is 62.8 Å². The number of nitrogens with one attached hydrogen (secondary N) is 1. The number of fused-ring (bicyclic) bond motifs is 5. The molecule has 0 unspecified atom stereocenters. The minimum Gasteiger partial charge on any atom is -0.463 e. The molecule has 4 aliphatic carbocycles. The lowest BCUT2D eigenvalue weighted by atomic mass is 9.47. The third-order valence-corrected chi connectivity index (χ3v) is 10.8. The Kier molecular flexibility index (Phi) is 6.61. The van der Waals surface area contributed by atoms with Crippen LogP contribution in [0.2, 0.25) is 0 Å². The van der Waals surface area contributed by atoms with Crippen LogP contribution in [-0.4, -0.2) is 18.0 Å². The molecule has 0 heterocycles. The highest BCUT2D eigenvalue weighted by molar-refractivity contribution is 5.78. The maximum Gasteiger partial charge on any atom is 0.302 e. The summed E-state index contributed by atoms with van der Waals surface area (Å²) in [5, 5.41) is 3.22. The molecule has 1 aromatic rings. The molecule has 3 fully saturated rings. The fraction of sp³-hybridized carbons (Fsp3) is 0.677. The van der Waals surface area contributed by atoms with E-state index in [1.165, 1.54) is 26.2 Å². The van der Waals surface area contributed by atoms with Crippen LogP contribution in [-0.2, 0) is 20.9 Å². The van der Waals surface area contributed by atoms with Crippen LogP contribution in [0.1, 0.15) is 84.6 Å². The second-order valence-electron chi connectivity index (χ2n) is 12.5. The van der Waals surface area contributed by atoms with E-state index in [2.05, 4.69) is 44.3 Å². The summed E-state index contributed by atoms with van der Waals surface area (Å²) in [6, 6.07) is 10.2.